The molecule has 5 heteroatoms. The average molecular weight is 716 g/mol. The second kappa shape index (κ2) is 11.9. The zero-order chi connectivity index (χ0) is 36.7. The molecule has 0 unspecified atom stereocenters. The highest BCUT2D eigenvalue weighted by Crippen LogP contribution is 2.40. The first-order chi connectivity index (χ1) is 27.7. The van der Waals surface area contributed by atoms with Gasteiger partial charge in [0, 0.05) is 38.2 Å². The van der Waals surface area contributed by atoms with Crippen LogP contribution in [0.5, 0.6) is 0 Å². The first-order valence-corrected chi connectivity index (χ1v) is 18.8. The Kier molecular flexibility index (Phi) is 6.56. The lowest BCUT2D eigenvalue weighted by molar-refractivity contribution is 0.668. The summed E-state index contributed by atoms with van der Waals surface area (Å²) in [5.74, 6) is 1.73. The van der Waals surface area contributed by atoms with Gasteiger partial charge in [0.1, 0.15) is 22.3 Å². The molecule has 0 aliphatic rings. The van der Waals surface area contributed by atoms with Crippen molar-refractivity contribution in [3.05, 3.63) is 176 Å². The van der Waals surface area contributed by atoms with Crippen LogP contribution < -0.4 is 0 Å². The van der Waals surface area contributed by atoms with Crippen molar-refractivity contribution >= 4 is 76.2 Å². The molecule has 3 aromatic heterocycles. The first-order valence-electron chi connectivity index (χ1n) is 18.8. The predicted molar refractivity (Wildman–Crippen MR) is 229 cm³/mol. The third-order valence-corrected chi connectivity index (χ3v) is 11.1. The third-order valence-electron chi connectivity index (χ3n) is 11.1. The van der Waals surface area contributed by atoms with Gasteiger partial charge in [-0.2, -0.15) is 0 Å². The molecule has 0 aliphatic heterocycles. The number of benzene rings is 9. The van der Waals surface area contributed by atoms with E-state index in [9.17, 15) is 0 Å². The molecule has 0 amide bonds. The minimum Gasteiger partial charge on any atom is -0.456 e. The highest BCUT2D eigenvalue weighted by Gasteiger charge is 2.20. The Labute approximate surface area is 320 Å². The van der Waals surface area contributed by atoms with E-state index in [1.54, 1.807) is 0 Å². The molecule has 0 bridgehead atoms. The van der Waals surface area contributed by atoms with Crippen LogP contribution in [0.4, 0.5) is 0 Å². The van der Waals surface area contributed by atoms with Crippen LogP contribution in [-0.2, 0) is 0 Å². The maximum Gasteiger partial charge on any atom is 0.164 e. The monoisotopic (exact) mass is 715 g/mol. The van der Waals surface area contributed by atoms with E-state index >= 15 is 0 Å². The van der Waals surface area contributed by atoms with Gasteiger partial charge in [-0.05, 0) is 73.8 Å². The van der Waals surface area contributed by atoms with Crippen LogP contribution in [-0.4, -0.2) is 15.0 Å². The van der Waals surface area contributed by atoms with Crippen molar-refractivity contribution in [2.75, 3.05) is 0 Å². The van der Waals surface area contributed by atoms with Gasteiger partial charge in [-0.15, -0.1) is 0 Å². The lowest BCUT2D eigenvalue weighted by atomic mass is 9.94. The molecular weight excluding hydrogens is 687 g/mol. The Morgan fingerprint density at radius 2 is 0.750 bits per heavy atom. The number of hydrogen-bond donors (Lipinski definition) is 0. The normalized spacial score (nSPS) is 11.9. The zero-order valence-corrected chi connectivity index (χ0v) is 29.9. The van der Waals surface area contributed by atoms with Gasteiger partial charge >= 0.3 is 0 Å². The summed E-state index contributed by atoms with van der Waals surface area (Å²) in [7, 11) is 0. The minimum atomic E-state index is 0.574. The van der Waals surface area contributed by atoms with Gasteiger partial charge in [0.2, 0.25) is 0 Å². The van der Waals surface area contributed by atoms with E-state index in [4.69, 9.17) is 23.8 Å². The Morgan fingerprint density at radius 1 is 0.286 bits per heavy atom. The molecule has 9 aromatic carbocycles. The molecule has 0 N–H and O–H groups in total. The standard InChI is InChI=1S/C51H29N3O2/c1-2-10-36-31(9-1)21-24-33-25-22-32-23-28-35(29-41(32)46(33)36)30-19-26-34(27-20-30)49-52-50(39-13-7-17-44-47(39)37-11-3-5-15-42(37)55-44)54-51(53-49)40-14-8-18-45-48(40)38-12-4-6-16-43(38)56-45/h1-29H. The maximum absolute atomic E-state index is 6.28. The smallest absolute Gasteiger partial charge is 0.164 e. The molecule has 0 saturated carbocycles. The van der Waals surface area contributed by atoms with Gasteiger partial charge in [-0.1, -0.05) is 146 Å². The summed E-state index contributed by atoms with van der Waals surface area (Å²) in [5, 5.41) is 11.5. The highest BCUT2D eigenvalue weighted by atomic mass is 16.3. The number of aromatic nitrogens is 3. The molecule has 0 radical (unpaired) electrons. The molecule has 0 saturated heterocycles. The molecule has 5 nitrogen and oxygen atoms in total. The molecule has 0 atom stereocenters. The predicted octanol–water partition coefficient (Wildman–Crippen LogP) is 13.8. The molecular formula is C51H29N3O2. The van der Waals surface area contributed by atoms with Crippen molar-refractivity contribution in [2.24, 2.45) is 0 Å². The van der Waals surface area contributed by atoms with E-state index in [0.717, 1.165) is 71.7 Å². The minimum absolute atomic E-state index is 0.574. The molecule has 12 rings (SSSR count). The van der Waals surface area contributed by atoms with Crippen LogP contribution in [0.25, 0.3) is 121 Å². The van der Waals surface area contributed by atoms with Crippen LogP contribution in [0, 0.1) is 0 Å². The molecule has 56 heavy (non-hydrogen) atoms. The topological polar surface area (TPSA) is 65.0 Å². The molecule has 12 aromatic rings. The maximum atomic E-state index is 6.28. The SMILES string of the molecule is c1ccc2c(c1)ccc1ccc3ccc(-c4ccc(-c5nc(-c6cccc7oc8ccccc8c67)nc(-c6cccc7oc8ccccc8c67)n5)cc4)cc3c12. The molecule has 0 aliphatic carbocycles. The summed E-state index contributed by atoms with van der Waals surface area (Å²) in [6.45, 7) is 0. The van der Waals surface area contributed by atoms with Crippen molar-refractivity contribution in [1.82, 2.24) is 15.0 Å². The number of hydrogen-bond acceptors (Lipinski definition) is 5. The highest BCUT2D eigenvalue weighted by molar-refractivity contribution is 6.21. The second-order valence-corrected chi connectivity index (χ2v) is 14.3. The van der Waals surface area contributed by atoms with Gasteiger partial charge in [-0.25, -0.2) is 15.0 Å². The second-order valence-electron chi connectivity index (χ2n) is 14.3. The quantitative estimate of drug-likeness (QED) is 0.170. The summed E-state index contributed by atoms with van der Waals surface area (Å²) in [6.07, 6.45) is 0. The van der Waals surface area contributed by atoms with Crippen molar-refractivity contribution < 1.29 is 8.83 Å². The lowest BCUT2D eigenvalue weighted by Gasteiger charge is -2.11. The van der Waals surface area contributed by atoms with E-state index < -0.39 is 0 Å². The van der Waals surface area contributed by atoms with E-state index in [0.29, 0.717) is 17.5 Å². The van der Waals surface area contributed by atoms with Crippen LogP contribution >= 0.6 is 0 Å². The van der Waals surface area contributed by atoms with E-state index in [2.05, 4.69) is 115 Å². The van der Waals surface area contributed by atoms with Crippen molar-refractivity contribution in [1.29, 1.82) is 0 Å². The van der Waals surface area contributed by atoms with Crippen LogP contribution in [0.2, 0.25) is 0 Å². The number of fused-ring (bicyclic) bond motifs is 11. The van der Waals surface area contributed by atoms with Gasteiger partial charge in [0.15, 0.2) is 17.5 Å². The fourth-order valence-corrected chi connectivity index (χ4v) is 8.48. The fourth-order valence-electron chi connectivity index (χ4n) is 8.48. The van der Waals surface area contributed by atoms with Crippen molar-refractivity contribution in [2.45, 2.75) is 0 Å². The Hall–Kier alpha value is -7.63. The Balaban J connectivity index is 1.04. The molecule has 260 valence electrons. The van der Waals surface area contributed by atoms with Gasteiger partial charge in [-0.3, -0.25) is 0 Å². The van der Waals surface area contributed by atoms with Gasteiger partial charge in [0.25, 0.3) is 0 Å². The largest absolute Gasteiger partial charge is 0.456 e. The number of rotatable bonds is 4. The lowest BCUT2D eigenvalue weighted by Crippen LogP contribution is -2.00. The molecule has 0 spiro atoms. The van der Waals surface area contributed by atoms with E-state index in [-0.39, 0.29) is 0 Å². The Morgan fingerprint density at radius 3 is 1.39 bits per heavy atom. The van der Waals surface area contributed by atoms with Gasteiger partial charge < -0.3 is 8.83 Å². The Bertz CT molecular complexity index is 3410. The summed E-state index contributed by atoms with van der Waals surface area (Å²) < 4.78 is 12.6. The molecule has 0 fully saturated rings. The molecule has 3 heterocycles. The number of nitrogens with zero attached hydrogens (tertiary/aromatic N) is 3. The van der Waals surface area contributed by atoms with Crippen molar-refractivity contribution in [3.8, 4) is 45.3 Å². The van der Waals surface area contributed by atoms with Crippen LogP contribution in [0.1, 0.15) is 0 Å². The summed E-state index contributed by atoms with van der Waals surface area (Å²) in [4.78, 5) is 15.6. The fraction of sp³-hybridized carbons (Fsp3) is 0. The average Bonchev–Trinajstić information content (AvgIpc) is 3.85. The number of furan rings is 2. The summed E-state index contributed by atoms with van der Waals surface area (Å²) in [5.41, 5.74) is 8.15. The van der Waals surface area contributed by atoms with E-state index in [1.807, 2.05) is 60.7 Å². The summed E-state index contributed by atoms with van der Waals surface area (Å²) >= 11 is 0. The number of para-hydroxylation sites is 2. The van der Waals surface area contributed by atoms with E-state index in [1.165, 1.54) is 32.3 Å². The first kappa shape index (κ1) is 30.8. The summed E-state index contributed by atoms with van der Waals surface area (Å²) in [6, 6.07) is 61.1. The van der Waals surface area contributed by atoms with Crippen LogP contribution in [0.3, 0.4) is 0 Å². The van der Waals surface area contributed by atoms with Crippen molar-refractivity contribution in [3.63, 3.8) is 0 Å². The van der Waals surface area contributed by atoms with Gasteiger partial charge in [0.05, 0.1) is 0 Å². The van der Waals surface area contributed by atoms with Crippen LogP contribution in [0.15, 0.2) is 185 Å². The zero-order valence-electron chi connectivity index (χ0n) is 29.9. The third kappa shape index (κ3) is 4.71.